The topological polar surface area (TPSA) is 52.2 Å². The van der Waals surface area contributed by atoms with Crippen LogP contribution in [0.4, 0.5) is 8.63 Å². The van der Waals surface area contributed by atoms with Crippen molar-refractivity contribution in [3.63, 3.8) is 0 Å². The molecule has 0 spiro atoms. The predicted octanol–water partition coefficient (Wildman–Crippen LogP) is 20.9. The molecule has 0 atom stereocenters. The molecule has 0 aliphatic carbocycles. The molecule has 0 unspecified atom stereocenters. The van der Waals surface area contributed by atoms with E-state index in [1.165, 1.54) is 21.4 Å². The predicted molar refractivity (Wildman–Crippen MR) is 360 cm³/mol. The number of thiophene rings is 4. The number of halogens is 3. The van der Waals surface area contributed by atoms with Crippen molar-refractivity contribution in [3.05, 3.63) is 255 Å². The van der Waals surface area contributed by atoms with E-state index in [9.17, 15) is 0 Å². The fraction of sp³-hybridized carbons (Fsp3) is 0.0563. The summed E-state index contributed by atoms with van der Waals surface area (Å²) < 4.78 is 57.3. The molecule has 85 heavy (non-hydrogen) atoms. The van der Waals surface area contributed by atoms with E-state index in [0.29, 0.717) is 28.5 Å². The van der Waals surface area contributed by atoms with Crippen LogP contribution in [0.2, 0.25) is 0 Å². The standard InChI is InChI=1S/C71H48BBrF2N4O2S4/c1-41-5-11-44(12-6-41)67-51-25-26-52(76-51)68(45-13-7-42(2)8-14-45)62-37-33-59(84-62)60-34-38-64(85-60)70(54-28-27-53(77-54)69(46-15-9-43(3)10-16-46)63-36-32-58(83-63)57-31-35-61(67)82-57)47-19-23-50(24-20-47)81-66-40-30-56-71(48-17-21-49(80-4)22-18-48)55-29-39-65(73)78(55)72(74,75)79(56)66/h5-40H,1-4H3. The first-order valence-electron chi connectivity index (χ1n) is 27.7. The number of ether oxygens (including phenoxy) is 2. The highest BCUT2D eigenvalue weighted by atomic mass is 79.9. The number of allylic oxidation sites excluding steroid dienone is 1. The molecule has 11 aromatic rings. The van der Waals surface area contributed by atoms with Crippen LogP contribution in [0.15, 0.2) is 204 Å². The fourth-order valence-electron chi connectivity index (χ4n) is 11.6. The van der Waals surface area contributed by atoms with Crippen molar-refractivity contribution < 1.29 is 22.6 Å². The monoisotopic (exact) mass is 1240 g/mol. The number of benzene rings is 5. The minimum atomic E-state index is -4.38. The lowest BCUT2D eigenvalue weighted by molar-refractivity contribution is -0.370. The third-order valence-corrected chi connectivity index (χ3v) is 21.3. The molecule has 15 rings (SSSR count). The molecule has 14 heteroatoms. The van der Waals surface area contributed by atoms with Gasteiger partial charge in [0.05, 0.1) is 46.1 Å². The minimum Gasteiger partial charge on any atom is -0.497 e. The Labute approximate surface area is 513 Å². The number of aromatic nitrogens is 3. The summed E-state index contributed by atoms with van der Waals surface area (Å²) in [6, 6.07) is 62.6. The highest BCUT2D eigenvalue weighted by Crippen LogP contribution is 2.46. The van der Waals surface area contributed by atoms with Crippen LogP contribution in [-0.2, 0) is 0 Å². The zero-order valence-corrected chi connectivity index (χ0v) is 51.1. The van der Waals surface area contributed by atoms with Crippen LogP contribution < -0.4 is 9.47 Å². The lowest BCUT2D eigenvalue weighted by atomic mass is 9.86. The van der Waals surface area contributed by atoms with Crippen molar-refractivity contribution in [2.75, 3.05) is 7.11 Å². The van der Waals surface area contributed by atoms with E-state index in [4.69, 9.17) is 19.4 Å². The molecule has 6 aromatic heterocycles. The molecule has 10 heterocycles. The Morgan fingerprint density at radius 2 is 0.765 bits per heavy atom. The van der Waals surface area contributed by atoms with E-state index in [2.05, 4.69) is 182 Å². The number of hydrogen-bond acceptors (Lipinski definition) is 8. The van der Waals surface area contributed by atoms with Crippen molar-refractivity contribution in [2.45, 2.75) is 20.8 Å². The molecular formula is C71H48BBrF2N4O2S4. The summed E-state index contributed by atoms with van der Waals surface area (Å²) in [4.78, 5) is 11.1. The first-order chi connectivity index (χ1) is 41.4. The average molecular weight is 1250 g/mol. The van der Waals surface area contributed by atoms with Gasteiger partial charge in [0.25, 0.3) is 0 Å². The van der Waals surface area contributed by atoms with Crippen LogP contribution in [0.5, 0.6) is 11.5 Å². The second kappa shape index (κ2) is 21.2. The Morgan fingerprint density at radius 1 is 0.412 bits per heavy atom. The van der Waals surface area contributed by atoms with E-state index in [1.807, 2.05) is 48.5 Å². The van der Waals surface area contributed by atoms with E-state index >= 15 is 8.63 Å². The average Bonchev–Trinajstić information content (AvgIpc) is 2.46. The number of fused-ring (bicyclic) bond motifs is 16. The van der Waals surface area contributed by atoms with Crippen molar-refractivity contribution in [1.29, 1.82) is 0 Å². The van der Waals surface area contributed by atoms with Gasteiger partial charge in [-0.3, -0.25) is 4.49 Å². The maximum Gasteiger partial charge on any atom is 0.740 e. The van der Waals surface area contributed by atoms with Crippen molar-refractivity contribution in [1.82, 2.24) is 14.4 Å². The van der Waals surface area contributed by atoms with Gasteiger partial charge >= 0.3 is 12.9 Å². The summed E-state index contributed by atoms with van der Waals surface area (Å²) in [7, 11) is 1.60. The zero-order valence-electron chi connectivity index (χ0n) is 46.2. The summed E-state index contributed by atoms with van der Waals surface area (Å²) in [5.41, 5.74) is 17.6. The Bertz CT molecular complexity index is 5010. The van der Waals surface area contributed by atoms with Crippen molar-refractivity contribution in [3.8, 4) is 56.0 Å². The summed E-state index contributed by atoms with van der Waals surface area (Å²) in [5.74, 6) is 1.10. The lowest BCUT2D eigenvalue weighted by Gasteiger charge is -2.32. The van der Waals surface area contributed by atoms with E-state index in [-0.39, 0.29) is 10.5 Å². The molecule has 4 aliphatic rings. The molecule has 412 valence electrons. The van der Waals surface area contributed by atoms with Gasteiger partial charge in [0, 0.05) is 71.6 Å². The summed E-state index contributed by atoms with van der Waals surface area (Å²) >= 11 is 10.5. The molecular weight excluding hydrogens is 1200 g/mol. The second-order valence-corrected chi connectivity index (χ2v) is 26.5. The molecule has 0 saturated heterocycles. The second-order valence-electron chi connectivity index (χ2n) is 21.3. The molecule has 6 nitrogen and oxygen atoms in total. The smallest absolute Gasteiger partial charge is 0.497 e. The van der Waals surface area contributed by atoms with Crippen LogP contribution in [0.3, 0.4) is 0 Å². The molecule has 0 fully saturated rings. The van der Waals surface area contributed by atoms with Gasteiger partial charge in [-0.05, 0) is 174 Å². The van der Waals surface area contributed by atoms with Gasteiger partial charge in [0.2, 0.25) is 0 Å². The van der Waals surface area contributed by atoms with Crippen LogP contribution in [-0.4, -0.2) is 38.9 Å². The zero-order chi connectivity index (χ0) is 57.7. The van der Waals surface area contributed by atoms with Crippen LogP contribution in [0.25, 0.3) is 112 Å². The molecule has 0 radical (unpaired) electrons. The van der Waals surface area contributed by atoms with Gasteiger partial charge < -0.3 is 22.6 Å². The Kier molecular flexibility index (Phi) is 13.2. The van der Waals surface area contributed by atoms with E-state index < -0.39 is 6.97 Å². The van der Waals surface area contributed by atoms with Gasteiger partial charge in [-0.1, -0.05) is 114 Å². The SMILES string of the molecule is COc1ccc(C2=C3C=CC(Oc4ccc(-c5c6nc(c(-c7ccc(C)cc7)c7ccc(s7)c7ccc(s7)c(-c7ccc(C)cc7)c7nc(c(-c8ccc(C)cc8)c8ccc(s8)c8ccc5s8)C=C7)C=C6)cc4)=[N+]3[B-](F)(F)n3c(Br)ccc32)cc1. The third kappa shape index (κ3) is 9.44. The largest absolute Gasteiger partial charge is 0.740 e. The van der Waals surface area contributed by atoms with E-state index in [0.717, 1.165) is 115 Å². The molecule has 4 aliphatic heterocycles. The van der Waals surface area contributed by atoms with Crippen LogP contribution in [0, 0.1) is 20.8 Å². The third-order valence-electron chi connectivity index (χ3n) is 15.8. The number of rotatable bonds is 7. The highest BCUT2D eigenvalue weighted by Gasteiger charge is 2.55. The van der Waals surface area contributed by atoms with Gasteiger partial charge in [0.15, 0.2) is 5.70 Å². The molecule has 0 amide bonds. The summed E-state index contributed by atoms with van der Waals surface area (Å²) in [6.45, 7) is 1.98. The van der Waals surface area contributed by atoms with Crippen molar-refractivity contribution in [2.24, 2.45) is 0 Å². The first-order valence-corrected chi connectivity index (χ1v) is 31.8. The number of aryl methyl sites for hydroxylation is 3. The maximum atomic E-state index is 17.0. The van der Waals surface area contributed by atoms with Crippen molar-refractivity contribution >= 4 is 142 Å². The summed E-state index contributed by atoms with van der Waals surface area (Å²) in [6.07, 6.45) is 11.9. The van der Waals surface area contributed by atoms with Crippen LogP contribution in [0.1, 0.15) is 50.7 Å². The van der Waals surface area contributed by atoms with Gasteiger partial charge in [-0.25, -0.2) is 9.97 Å². The highest BCUT2D eigenvalue weighted by molar-refractivity contribution is 9.10. The Hall–Kier alpha value is -8.63. The van der Waals surface area contributed by atoms with E-state index in [1.54, 1.807) is 76.7 Å². The fourth-order valence-corrected chi connectivity index (χ4v) is 16.7. The van der Waals surface area contributed by atoms with Crippen LogP contribution >= 0.6 is 61.3 Å². The number of hydrogen-bond donors (Lipinski definition) is 0. The Morgan fingerprint density at radius 3 is 1.15 bits per heavy atom. The first kappa shape index (κ1) is 53.1. The minimum absolute atomic E-state index is 0.0186. The quantitative estimate of drug-likeness (QED) is 0.149. The number of nitrogens with zero attached hydrogens (tertiary/aromatic N) is 4. The van der Waals surface area contributed by atoms with Gasteiger partial charge in [-0.2, -0.15) is 0 Å². The molecule has 12 bridgehead atoms. The van der Waals surface area contributed by atoms with Gasteiger partial charge in [-0.15, -0.1) is 45.3 Å². The normalized spacial score (nSPS) is 13.9. The molecule has 0 saturated carbocycles. The Balaban J connectivity index is 0.936. The molecule has 5 aromatic carbocycles. The molecule has 0 N–H and O–H groups in total. The lowest BCUT2D eigenvalue weighted by Crippen LogP contribution is -2.51. The number of methoxy groups -OCH3 is 1. The van der Waals surface area contributed by atoms with Gasteiger partial charge in [0.1, 0.15) is 11.5 Å². The maximum absolute atomic E-state index is 17.0. The summed E-state index contributed by atoms with van der Waals surface area (Å²) in [5, 5.41) is 0.